The fourth-order valence-corrected chi connectivity index (χ4v) is 1.12. The molecule has 0 aromatic carbocycles. The van der Waals surface area contributed by atoms with Crippen molar-refractivity contribution in [3.8, 4) is 0 Å². The molecule has 0 aliphatic carbocycles. The van der Waals surface area contributed by atoms with E-state index in [2.05, 4.69) is 12.2 Å². The van der Waals surface area contributed by atoms with Crippen molar-refractivity contribution < 1.29 is 14.3 Å². The lowest BCUT2D eigenvalue weighted by molar-refractivity contribution is -0.151. The van der Waals surface area contributed by atoms with E-state index in [0.29, 0.717) is 13.2 Å². The summed E-state index contributed by atoms with van der Waals surface area (Å²) in [6.45, 7) is 5.31. The minimum Gasteiger partial charge on any atom is -0.463 e. The van der Waals surface area contributed by atoms with Gasteiger partial charge in [0.25, 0.3) is 0 Å². The van der Waals surface area contributed by atoms with Crippen LogP contribution >= 0.6 is 0 Å². The molecular formula is C10H19NO3. The quantitative estimate of drug-likeness (QED) is 0.483. The van der Waals surface area contributed by atoms with Gasteiger partial charge in [-0.3, -0.25) is 4.79 Å². The molecule has 0 radical (unpaired) electrons. The molecule has 1 saturated heterocycles. The normalized spacial score (nSPS) is 16.4. The Morgan fingerprint density at radius 3 is 2.71 bits per heavy atom. The van der Waals surface area contributed by atoms with E-state index in [-0.39, 0.29) is 11.9 Å². The van der Waals surface area contributed by atoms with Gasteiger partial charge in [-0.2, -0.15) is 0 Å². The van der Waals surface area contributed by atoms with E-state index in [4.69, 9.17) is 9.47 Å². The molecule has 0 saturated carbocycles. The number of hydrogen-bond acceptors (Lipinski definition) is 4. The summed E-state index contributed by atoms with van der Waals surface area (Å²) >= 11 is 0. The van der Waals surface area contributed by atoms with E-state index in [1.54, 1.807) is 0 Å². The van der Waals surface area contributed by atoms with Crippen molar-refractivity contribution in [2.75, 3.05) is 32.9 Å². The molecule has 0 amide bonds. The zero-order chi connectivity index (χ0) is 10.2. The Kier molecular flexibility index (Phi) is 5.56. The number of esters is 1. The van der Waals surface area contributed by atoms with Crippen molar-refractivity contribution in [1.82, 2.24) is 5.32 Å². The molecule has 0 unspecified atom stereocenters. The van der Waals surface area contributed by atoms with E-state index >= 15 is 0 Å². The summed E-state index contributed by atoms with van der Waals surface area (Å²) in [7, 11) is 0. The maximum absolute atomic E-state index is 11.2. The molecule has 1 N–H and O–H groups in total. The van der Waals surface area contributed by atoms with Crippen LogP contribution in [-0.2, 0) is 14.3 Å². The monoisotopic (exact) mass is 201 g/mol. The molecule has 14 heavy (non-hydrogen) atoms. The van der Waals surface area contributed by atoms with Gasteiger partial charge in [0.2, 0.25) is 0 Å². The Balaban J connectivity index is 1.85. The Bertz CT molecular complexity index is 169. The second-order valence-electron chi connectivity index (χ2n) is 3.49. The van der Waals surface area contributed by atoms with Crippen molar-refractivity contribution >= 4 is 5.97 Å². The summed E-state index contributed by atoms with van der Waals surface area (Å²) in [5.74, 6) is -0.0199. The zero-order valence-electron chi connectivity index (χ0n) is 8.75. The van der Waals surface area contributed by atoms with Gasteiger partial charge in [-0.1, -0.05) is 13.3 Å². The summed E-state index contributed by atoms with van der Waals surface area (Å²) in [5.41, 5.74) is 0. The highest BCUT2D eigenvalue weighted by Crippen LogP contribution is 2.04. The Hall–Kier alpha value is -0.610. The Morgan fingerprint density at radius 1 is 1.36 bits per heavy atom. The first kappa shape index (κ1) is 11.5. The molecular weight excluding hydrogens is 182 g/mol. The van der Waals surface area contributed by atoms with Crippen molar-refractivity contribution in [3.05, 3.63) is 0 Å². The van der Waals surface area contributed by atoms with Gasteiger partial charge in [0, 0.05) is 19.7 Å². The van der Waals surface area contributed by atoms with E-state index < -0.39 is 0 Å². The Labute approximate surface area is 85.0 Å². The van der Waals surface area contributed by atoms with Crippen LogP contribution in [0.15, 0.2) is 0 Å². The molecule has 4 heteroatoms. The lowest BCUT2D eigenvalue weighted by Gasteiger charge is -2.24. The topological polar surface area (TPSA) is 47.6 Å². The highest BCUT2D eigenvalue weighted by molar-refractivity contribution is 5.73. The number of unbranched alkanes of at least 4 members (excludes halogenated alkanes) is 1. The highest BCUT2D eigenvalue weighted by atomic mass is 16.6. The summed E-state index contributed by atoms with van der Waals surface area (Å²) in [6.07, 6.45) is 2.20. The van der Waals surface area contributed by atoms with Crippen LogP contribution in [0.25, 0.3) is 0 Å². The smallest absolute Gasteiger partial charge is 0.311 e. The van der Waals surface area contributed by atoms with Crippen LogP contribution in [0.4, 0.5) is 0 Å². The van der Waals surface area contributed by atoms with Crippen molar-refractivity contribution in [3.63, 3.8) is 0 Å². The number of hydrogen-bond donors (Lipinski definition) is 1. The summed E-state index contributed by atoms with van der Waals surface area (Å²) in [6, 6.07) is 0. The molecule has 1 rings (SSSR count). The fraction of sp³-hybridized carbons (Fsp3) is 0.900. The lowest BCUT2D eigenvalue weighted by atomic mass is 10.0. The molecule has 0 atom stereocenters. The van der Waals surface area contributed by atoms with Crippen LogP contribution in [0.5, 0.6) is 0 Å². The summed E-state index contributed by atoms with van der Waals surface area (Å²) in [5, 5.41) is 3.03. The average Bonchev–Trinajstić information content (AvgIpc) is 2.08. The number of nitrogens with one attached hydrogen (secondary N) is 1. The molecule has 1 fully saturated rings. The first-order chi connectivity index (χ1) is 6.84. The maximum Gasteiger partial charge on any atom is 0.311 e. The minimum absolute atomic E-state index is 0.0747. The summed E-state index contributed by atoms with van der Waals surface area (Å²) in [4.78, 5) is 11.2. The number of rotatable bonds is 7. The maximum atomic E-state index is 11.2. The third-order valence-corrected chi connectivity index (χ3v) is 2.23. The third-order valence-electron chi connectivity index (χ3n) is 2.23. The molecule has 1 aliphatic heterocycles. The Morgan fingerprint density at radius 2 is 2.14 bits per heavy atom. The number of ether oxygens (including phenoxy) is 2. The van der Waals surface area contributed by atoms with Gasteiger partial charge < -0.3 is 14.8 Å². The van der Waals surface area contributed by atoms with Crippen LogP contribution in [0.2, 0.25) is 0 Å². The van der Waals surface area contributed by atoms with E-state index in [1.165, 1.54) is 0 Å². The molecule has 1 aliphatic rings. The van der Waals surface area contributed by atoms with E-state index in [9.17, 15) is 4.79 Å². The number of carbonyl (C=O) groups excluding carboxylic acids is 1. The van der Waals surface area contributed by atoms with Gasteiger partial charge in [0.05, 0.1) is 12.5 Å². The van der Waals surface area contributed by atoms with Gasteiger partial charge >= 0.3 is 5.97 Å². The van der Waals surface area contributed by atoms with Crippen LogP contribution in [0.1, 0.15) is 19.8 Å². The standard InChI is InChI=1S/C10H19NO3/c1-2-3-4-13-5-6-14-10(12)9-7-11-8-9/h9,11H,2-8H2,1H3. The van der Waals surface area contributed by atoms with Gasteiger partial charge in [0.15, 0.2) is 0 Å². The van der Waals surface area contributed by atoms with E-state index in [0.717, 1.165) is 32.5 Å². The second-order valence-corrected chi connectivity index (χ2v) is 3.49. The number of carbonyl (C=O) groups is 1. The molecule has 0 aromatic heterocycles. The van der Waals surface area contributed by atoms with Gasteiger partial charge in [-0.15, -0.1) is 0 Å². The van der Waals surface area contributed by atoms with Crippen molar-refractivity contribution in [1.29, 1.82) is 0 Å². The molecule has 0 bridgehead atoms. The SMILES string of the molecule is CCCCOCCOC(=O)C1CNC1. The van der Waals surface area contributed by atoms with Crippen molar-refractivity contribution in [2.24, 2.45) is 5.92 Å². The first-order valence-corrected chi connectivity index (χ1v) is 5.29. The van der Waals surface area contributed by atoms with Crippen LogP contribution in [-0.4, -0.2) is 38.9 Å². The van der Waals surface area contributed by atoms with Gasteiger partial charge in [-0.05, 0) is 6.42 Å². The highest BCUT2D eigenvalue weighted by Gasteiger charge is 2.25. The average molecular weight is 201 g/mol. The molecule has 82 valence electrons. The predicted molar refractivity (Wildman–Crippen MR) is 53.0 cm³/mol. The molecule has 0 aromatic rings. The molecule has 4 nitrogen and oxygen atoms in total. The predicted octanol–water partition coefficient (Wildman–Crippen LogP) is 0.566. The van der Waals surface area contributed by atoms with Crippen LogP contribution in [0.3, 0.4) is 0 Å². The molecule has 1 heterocycles. The van der Waals surface area contributed by atoms with Gasteiger partial charge in [0.1, 0.15) is 6.61 Å². The minimum atomic E-state index is -0.0946. The van der Waals surface area contributed by atoms with Crippen molar-refractivity contribution in [2.45, 2.75) is 19.8 Å². The van der Waals surface area contributed by atoms with Gasteiger partial charge in [-0.25, -0.2) is 0 Å². The van der Waals surface area contributed by atoms with Crippen LogP contribution in [0, 0.1) is 5.92 Å². The second kappa shape index (κ2) is 6.79. The van der Waals surface area contributed by atoms with E-state index in [1.807, 2.05) is 0 Å². The fourth-order valence-electron chi connectivity index (χ4n) is 1.12. The van der Waals surface area contributed by atoms with Crippen LogP contribution < -0.4 is 5.32 Å². The molecule has 0 spiro atoms. The largest absolute Gasteiger partial charge is 0.463 e. The lowest BCUT2D eigenvalue weighted by Crippen LogP contribution is -2.47. The zero-order valence-corrected chi connectivity index (χ0v) is 8.75. The first-order valence-electron chi connectivity index (χ1n) is 5.29. The summed E-state index contributed by atoms with van der Waals surface area (Å²) < 4.78 is 10.3. The third kappa shape index (κ3) is 4.07.